The summed E-state index contributed by atoms with van der Waals surface area (Å²) in [6.45, 7) is 11.9. The van der Waals surface area contributed by atoms with Gasteiger partial charge in [-0.25, -0.2) is 9.59 Å². The van der Waals surface area contributed by atoms with E-state index in [4.69, 9.17) is 9.84 Å². The van der Waals surface area contributed by atoms with Crippen molar-refractivity contribution in [3.8, 4) is 0 Å². The summed E-state index contributed by atoms with van der Waals surface area (Å²) in [6.07, 6.45) is 20.6. The van der Waals surface area contributed by atoms with Gasteiger partial charge in [0.25, 0.3) is 0 Å². The maximum absolute atomic E-state index is 11.8. The smallest absolute Gasteiger partial charge is 0.333 e. The van der Waals surface area contributed by atoms with Crippen LogP contribution in [0.15, 0.2) is 24.8 Å². The molecule has 0 aromatic carbocycles. The predicted molar refractivity (Wildman–Crippen MR) is 123 cm³/mol. The largest absolute Gasteiger partial charge is 0.478 e. The number of aliphatic carboxylic acids is 1. The van der Waals surface area contributed by atoms with Crippen LogP contribution in [0.25, 0.3) is 0 Å². The molecular formula is C25H46O4. The summed E-state index contributed by atoms with van der Waals surface area (Å²) in [5, 5.41) is 7.60. The molecule has 29 heavy (non-hydrogen) atoms. The Morgan fingerprint density at radius 1 is 0.759 bits per heavy atom. The van der Waals surface area contributed by atoms with Crippen LogP contribution in [0.2, 0.25) is 0 Å². The van der Waals surface area contributed by atoms with Crippen molar-refractivity contribution in [1.29, 1.82) is 0 Å². The van der Waals surface area contributed by atoms with Gasteiger partial charge in [0.2, 0.25) is 0 Å². The van der Waals surface area contributed by atoms with Crippen LogP contribution in [0, 0.1) is 0 Å². The summed E-state index contributed by atoms with van der Waals surface area (Å²) in [6, 6.07) is 0. The maximum Gasteiger partial charge on any atom is 0.333 e. The summed E-state index contributed by atoms with van der Waals surface area (Å²) in [5.74, 6) is -1.16. The van der Waals surface area contributed by atoms with Gasteiger partial charge in [0.05, 0.1) is 6.61 Å². The van der Waals surface area contributed by atoms with Gasteiger partial charge >= 0.3 is 11.9 Å². The van der Waals surface area contributed by atoms with Crippen molar-refractivity contribution in [3.05, 3.63) is 24.8 Å². The fourth-order valence-electron chi connectivity index (χ4n) is 2.90. The predicted octanol–water partition coefficient (Wildman–Crippen LogP) is 7.62. The van der Waals surface area contributed by atoms with Crippen LogP contribution in [0.4, 0.5) is 0 Å². The first-order valence-corrected chi connectivity index (χ1v) is 11.7. The van der Waals surface area contributed by atoms with Crippen LogP contribution in [0.5, 0.6) is 0 Å². The fraction of sp³-hybridized carbons (Fsp3) is 0.760. The molecule has 0 aliphatic heterocycles. The first-order chi connectivity index (χ1) is 14.0. The van der Waals surface area contributed by atoms with E-state index in [1.54, 1.807) is 0 Å². The number of unbranched alkanes of at least 4 members (excludes halogenated alkanes) is 13. The molecule has 4 nitrogen and oxygen atoms in total. The van der Waals surface area contributed by atoms with E-state index in [1.165, 1.54) is 83.5 Å². The van der Waals surface area contributed by atoms with E-state index in [0.717, 1.165) is 25.3 Å². The molecule has 0 saturated heterocycles. The number of carbonyl (C=O) groups excluding carboxylic acids is 1. The quantitative estimate of drug-likeness (QED) is 0.135. The lowest BCUT2D eigenvalue weighted by molar-refractivity contribution is -0.139. The van der Waals surface area contributed by atoms with E-state index < -0.39 is 5.97 Å². The minimum absolute atomic E-state index is 0.177. The van der Waals surface area contributed by atoms with Crippen LogP contribution in [0.3, 0.4) is 0 Å². The first-order valence-electron chi connectivity index (χ1n) is 11.7. The van der Waals surface area contributed by atoms with Crippen LogP contribution in [-0.2, 0) is 14.3 Å². The van der Waals surface area contributed by atoms with Gasteiger partial charge in [-0.3, -0.25) is 0 Å². The van der Waals surface area contributed by atoms with Crippen LogP contribution < -0.4 is 0 Å². The molecule has 0 aromatic rings. The molecule has 0 heterocycles. The summed E-state index contributed by atoms with van der Waals surface area (Å²) in [5.41, 5.74) is 0.656. The molecule has 0 aliphatic rings. The summed E-state index contributed by atoms with van der Waals surface area (Å²) < 4.78 is 5.32. The van der Waals surface area contributed by atoms with Crippen molar-refractivity contribution in [3.63, 3.8) is 0 Å². The molecule has 0 aliphatic carbocycles. The van der Waals surface area contributed by atoms with Gasteiger partial charge in [-0.2, -0.15) is 0 Å². The van der Waals surface area contributed by atoms with Crippen molar-refractivity contribution < 1.29 is 19.4 Å². The molecule has 170 valence electrons. The third-order valence-electron chi connectivity index (χ3n) is 4.78. The minimum atomic E-state index is -0.981. The standard InChI is InChI=1S/C22H42O2.C3H4O2/c1-4-6-8-10-12-13-15-17-19-21(3)22(23)24-20-18-16-14-11-9-7-5-2;1-2-3(4)5/h3-20H2,1-2H3;2H,1H2,(H,4,5). The maximum atomic E-state index is 11.8. The number of hydrogen-bond donors (Lipinski definition) is 1. The zero-order chi connectivity index (χ0) is 22.2. The van der Waals surface area contributed by atoms with E-state index >= 15 is 0 Å². The Morgan fingerprint density at radius 3 is 1.55 bits per heavy atom. The Bertz CT molecular complexity index is 385. The normalized spacial score (nSPS) is 10.0. The molecule has 0 rings (SSSR count). The lowest BCUT2D eigenvalue weighted by Gasteiger charge is -2.07. The Morgan fingerprint density at radius 2 is 1.14 bits per heavy atom. The van der Waals surface area contributed by atoms with Gasteiger partial charge in [-0.1, -0.05) is 110 Å². The molecule has 0 atom stereocenters. The van der Waals surface area contributed by atoms with Crippen LogP contribution in [0.1, 0.15) is 117 Å². The zero-order valence-corrected chi connectivity index (χ0v) is 19.2. The molecule has 0 fully saturated rings. The highest BCUT2D eigenvalue weighted by atomic mass is 16.5. The van der Waals surface area contributed by atoms with Gasteiger partial charge in [0.15, 0.2) is 0 Å². The molecule has 1 N–H and O–H groups in total. The molecule has 0 amide bonds. The lowest BCUT2D eigenvalue weighted by atomic mass is 10.1. The second-order valence-corrected chi connectivity index (χ2v) is 7.63. The van der Waals surface area contributed by atoms with Gasteiger partial charge < -0.3 is 9.84 Å². The Labute approximate surface area is 179 Å². The van der Waals surface area contributed by atoms with Crippen molar-refractivity contribution in [2.75, 3.05) is 6.61 Å². The number of carboxylic acid groups (broad SMARTS) is 1. The van der Waals surface area contributed by atoms with Gasteiger partial charge in [0.1, 0.15) is 0 Å². The van der Waals surface area contributed by atoms with Crippen LogP contribution >= 0.6 is 0 Å². The van der Waals surface area contributed by atoms with E-state index in [2.05, 4.69) is 27.0 Å². The van der Waals surface area contributed by atoms with Crippen molar-refractivity contribution in [1.82, 2.24) is 0 Å². The van der Waals surface area contributed by atoms with Crippen LogP contribution in [-0.4, -0.2) is 23.7 Å². The number of carbonyl (C=O) groups is 2. The highest BCUT2D eigenvalue weighted by Gasteiger charge is 2.07. The number of hydrogen-bond acceptors (Lipinski definition) is 3. The summed E-state index contributed by atoms with van der Waals surface area (Å²) >= 11 is 0. The second-order valence-electron chi connectivity index (χ2n) is 7.63. The molecule has 0 unspecified atom stereocenters. The monoisotopic (exact) mass is 410 g/mol. The molecule has 0 spiro atoms. The number of carboxylic acids is 1. The average molecular weight is 411 g/mol. The topological polar surface area (TPSA) is 63.6 Å². The van der Waals surface area contributed by atoms with E-state index in [1.807, 2.05) is 0 Å². The average Bonchev–Trinajstić information content (AvgIpc) is 2.72. The summed E-state index contributed by atoms with van der Waals surface area (Å²) in [4.78, 5) is 21.1. The second kappa shape index (κ2) is 24.5. The fourth-order valence-corrected chi connectivity index (χ4v) is 2.90. The Kier molecular flexibility index (Phi) is 25.0. The molecule has 4 heteroatoms. The van der Waals surface area contributed by atoms with Gasteiger partial charge in [-0.05, 0) is 19.3 Å². The van der Waals surface area contributed by atoms with Crippen molar-refractivity contribution in [2.45, 2.75) is 117 Å². The van der Waals surface area contributed by atoms with Crippen molar-refractivity contribution in [2.24, 2.45) is 0 Å². The van der Waals surface area contributed by atoms with E-state index in [-0.39, 0.29) is 5.97 Å². The highest BCUT2D eigenvalue weighted by Crippen LogP contribution is 2.13. The highest BCUT2D eigenvalue weighted by molar-refractivity contribution is 5.87. The molecular weight excluding hydrogens is 364 g/mol. The van der Waals surface area contributed by atoms with Gasteiger partial charge in [0, 0.05) is 11.6 Å². The van der Waals surface area contributed by atoms with Crippen molar-refractivity contribution >= 4 is 11.9 Å². The van der Waals surface area contributed by atoms with Gasteiger partial charge in [-0.15, -0.1) is 0 Å². The number of esters is 1. The first kappa shape index (κ1) is 29.6. The molecule has 0 aromatic heterocycles. The summed E-state index contributed by atoms with van der Waals surface area (Å²) in [7, 11) is 0. The number of ether oxygens (including phenoxy) is 1. The Hall–Kier alpha value is -1.58. The van der Waals surface area contributed by atoms with E-state index in [9.17, 15) is 9.59 Å². The zero-order valence-electron chi connectivity index (χ0n) is 19.2. The third-order valence-corrected chi connectivity index (χ3v) is 4.78. The Balaban J connectivity index is 0. The molecule has 0 saturated carbocycles. The minimum Gasteiger partial charge on any atom is -0.478 e. The SMILES string of the molecule is C=C(CCCCCCCCCC)C(=O)OCCCCCCCCC.C=CC(=O)O. The number of rotatable bonds is 19. The lowest BCUT2D eigenvalue weighted by Crippen LogP contribution is -2.08. The third kappa shape index (κ3) is 26.4. The molecule has 0 bridgehead atoms. The molecule has 0 radical (unpaired) electrons. The van der Waals surface area contributed by atoms with E-state index in [0.29, 0.717) is 12.2 Å².